The monoisotopic (exact) mass is 449 g/mol. The molecule has 28 heavy (non-hydrogen) atoms. The van der Waals surface area contributed by atoms with Crippen LogP contribution in [-0.4, -0.2) is 35.0 Å². The molecular weight excluding hydrogens is 430 g/mol. The first-order valence-corrected chi connectivity index (χ1v) is 9.23. The topological polar surface area (TPSA) is 105 Å². The number of carbonyl (C=O) groups excluding carboxylic acids is 1. The Morgan fingerprint density at radius 2 is 1.79 bits per heavy atom. The van der Waals surface area contributed by atoms with Gasteiger partial charge in [0.1, 0.15) is 11.9 Å². The minimum atomic E-state index is -1.14. The lowest BCUT2D eigenvalue weighted by molar-refractivity contribution is -0.131. The number of phenolic OH excluding ortho intramolecular Hbond substituents is 1. The molecule has 0 aromatic heterocycles. The highest BCUT2D eigenvalue weighted by Crippen LogP contribution is 2.27. The van der Waals surface area contributed by atoms with Gasteiger partial charge in [-0.25, -0.2) is 9.59 Å². The van der Waals surface area contributed by atoms with Gasteiger partial charge in [0, 0.05) is 22.8 Å². The van der Waals surface area contributed by atoms with Crippen LogP contribution in [0.5, 0.6) is 5.75 Å². The van der Waals surface area contributed by atoms with Crippen molar-refractivity contribution in [2.24, 2.45) is 0 Å². The van der Waals surface area contributed by atoms with Crippen molar-refractivity contribution in [1.29, 1.82) is 0 Å². The van der Waals surface area contributed by atoms with Crippen LogP contribution in [0, 0.1) is 0 Å². The third-order valence-corrected chi connectivity index (χ3v) is 4.16. The second-order valence-corrected chi connectivity index (χ2v) is 6.58. The molecule has 0 aliphatic rings. The van der Waals surface area contributed by atoms with E-state index in [0.717, 1.165) is 10.5 Å². The van der Waals surface area contributed by atoms with Gasteiger partial charge in [0.25, 0.3) is 0 Å². The molecule has 0 bridgehead atoms. The van der Waals surface area contributed by atoms with Crippen molar-refractivity contribution >= 4 is 33.7 Å². The van der Waals surface area contributed by atoms with Gasteiger partial charge in [-0.05, 0) is 55.0 Å². The number of anilines is 1. The minimum Gasteiger partial charge on any atom is -0.508 e. The van der Waals surface area contributed by atoms with Crippen LogP contribution < -0.4 is 5.32 Å². The van der Waals surface area contributed by atoms with Crippen LogP contribution in [0.25, 0.3) is 0 Å². The maximum atomic E-state index is 12.4. The predicted octanol–water partition coefficient (Wildman–Crippen LogP) is 4.49. The zero-order valence-corrected chi connectivity index (χ0v) is 16.6. The van der Waals surface area contributed by atoms with Crippen molar-refractivity contribution in [1.82, 2.24) is 0 Å². The summed E-state index contributed by atoms with van der Waals surface area (Å²) < 4.78 is 12.0. The van der Waals surface area contributed by atoms with E-state index in [1.165, 1.54) is 18.2 Å². The van der Waals surface area contributed by atoms with E-state index in [0.29, 0.717) is 11.3 Å². The van der Waals surface area contributed by atoms with Gasteiger partial charge in [0.05, 0.1) is 0 Å². The number of phenols is 1. The SMILES string of the molecule is CCO[C@@H](/C=C/C(=O)O)[C@@H](OC(=O)Nc1ccc(Br)cc1)c1ccc(O)cc1. The summed E-state index contributed by atoms with van der Waals surface area (Å²) in [6.45, 7) is 2.03. The maximum absolute atomic E-state index is 12.4. The summed E-state index contributed by atoms with van der Waals surface area (Å²) in [5.74, 6) is -1.09. The zero-order valence-electron chi connectivity index (χ0n) is 15.0. The second kappa shape index (κ2) is 10.5. The highest BCUT2D eigenvalue weighted by molar-refractivity contribution is 9.10. The van der Waals surface area contributed by atoms with E-state index in [1.807, 2.05) is 0 Å². The molecule has 0 aliphatic heterocycles. The number of halogens is 1. The number of nitrogens with one attached hydrogen (secondary N) is 1. The van der Waals surface area contributed by atoms with Crippen molar-refractivity contribution < 1.29 is 29.3 Å². The number of aromatic hydroxyl groups is 1. The van der Waals surface area contributed by atoms with Crippen molar-refractivity contribution in [3.8, 4) is 5.75 Å². The first-order valence-electron chi connectivity index (χ1n) is 8.44. The normalized spacial score (nSPS) is 13.1. The average Bonchev–Trinajstić information content (AvgIpc) is 2.66. The van der Waals surface area contributed by atoms with Crippen LogP contribution in [0.1, 0.15) is 18.6 Å². The highest BCUT2D eigenvalue weighted by atomic mass is 79.9. The summed E-state index contributed by atoms with van der Waals surface area (Å²) in [5, 5.41) is 21.0. The van der Waals surface area contributed by atoms with Crippen LogP contribution in [0.15, 0.2) is 65.2 Å². The smallest absolute Gasteiger partial charge is 0.412 e. The van der Waals surface area contributed by atoms with Gasteiger partial charge in [-0.3, -0.25) is 5.32 Å². The van der Waals surface area contributed by atoms with E-state index >= 15 is 0 Å². The van der Waals surface area contributed by atoms with E-state index in [-0.39, 0.29) is 12.4 Å². The van der Waals surface area contributed by atoms with Gasteiger partial charge >= 0.3 is 12.1 Å². The Morgan fingerprint density at radius 3 is 2.36 bits per heavy atom. The Balaban J connectivity index is 2.25. The molecule has 0 spiro atoms. The molecule has 0 heterocycles. The number of hydrogen-bond acceptors (Lipinski definition) is 5. The van der Waals surface area contributed by atoms with Gasteiger partial charge in [-0.15, -0.1) is 0 Å². The minimum absolute atomic E-state index is 0.0517. The summed E-state index contributed by atoms with van der Waals surface area (Å²) in [6.07, 6.45) is -0.235. The van der Waals surface area contributed by atoms with Gasteiger partial charge in [0.15, 0.2) is 6.10 Å². The fourth-order valence-corrected chi connectivity index (χ4v) is 2.66. The lowest BCUT2D eigenvalue weighted by Crippen LogP contribution is -2.27. The number of rotatable bonds is 8. The first kappa shape index (κ1) is 21.5. The number of hydrogen-bond donors (Lipinski definition) is 3. The molecule has 2 aromatic rings. The van der Waals surface area contributed by atoms with Crippen molar-refractivity contribution in [2.75, 3.05) is 11.9 Å². The fourth-order valence-electron chi connectivity index (χ4n) is 2.40. The summed E-state index contributed by atoms with van der Waals surface area (Å²) >= 11 is 3.32. The number of amides is 1. The molecule has 3 N–H and O–H groups in total. The Morgan fingerprint density at radius 1 is 1.14 bits per heavy atom. The van der Waals surface area contributed by atoms with Gasteiger partial charge in [-0.1, -0.05) is 28.1 Å². The third-order valence-electron chi connectivity index (χ3n) is 3.63. The molecule has 1 amide bonds. The Hall–Kier alpha value is -2.84. The van der Waals surface area contributed by atoms with Crippen molar-refractivity contribution in [3.05, 3.63) is 70.7 Å². The second-order valence-electron chi connectivity index (χ2n) is 5.67. The van der Waals surface area contributed by atoms with E-state index < -0.39 is 24.3 Å². The molecule has 7 nitrogen and oxygen atoms in total. The number of aliphatic carboxylic acids is 1. The predicted molar refractivity (Wildman–Crippen MR) is 107 cm³/mol. The molecule has 2 aromatic carbocycles. The molecular formula is C20H20BrNO6. The lowest BCUT2D eigenvalue weighted by atomic mass is 10.0. The quantitative estimate of drug-likeness (QED) is 0.512. The molecule has 2 rings (SSSR count). The van der Waals surface area contributed by atoms with Crippen molar-refractivity contribution in [3.63, 3.8) is 0 Å². The Bertz CT molecular complexity index is 820. The van der Waals surface area contributed by atoms with E-state index in [2.05, 4.69) is 21.2 Å². The third kappa shape index (κ3) is 6.71. The molecule has 2 atom stereocenters. The maximum Gasteiger partial charge on any atom is 0.412 e. The van der Waals surface area contributed by atoms with E-state index in [4.69, 9.17) is 14.6 Å². The first-order chi connectivity index (χ1) is 13.4. The van der Waals surface area contributed by atoms with Crippen molar-refractivity contribution in [2.45, 2.75) is 19.1 Å². The molecule has 0 unspecified atom stereocenters. The number of carbonyl (C=O) groups is 2. The molecule has 8 heteroatoms. The Labute approximate surface area is 170 Å². The molecule has 148 valence electrons. The molecule has 0 radical (unpaired) electrons. The summed E-state index contributed by atoms with van der Waals surface area (Å²) in [6, 6.07) is 13.0. The average molecular weight is 450 g/mol. The van der Waals surface area contributed by atoms with Crippen LogP contribution in [0.3, 0.4) is 0 Å². The molecule has 0 saturated carbocycles. The Kier molecular flexibility index (Phi) is 8.03. The van der Waals surface area contributed by atoms with E-state index in [9.17, 15) is 14.7 Å². The number of benzene rings is 2. The van der Waals surface area contributed by atoms with Gasteiger partial charge < -0.3 is 19.7 Å². The number of ether oxygens (including phenoxy) is 2. The van der Waals surface area contributed by atoms with Crippen LogP contribution >= 0.6 is 15.9 Å². The van der Waals surface area contributed by atoms with Crippen LogP contribution in [0.4, 0.5) is 10.5 Å². The summed E-state index contributed by atoms with van der Waals surface area (Å²) in [7, 11) is 0. The molecule has 0 fully saturated rings. The van der Waals surface area contributed by atoms with Crippen LogP contribution in [-0.2, 0) is 14.3 Å². The van der Waals surface area contributed by atoms with Crippen LogP contribution in [0.2, 0.25) is 0 Å². The van der Waals surface area contributed by atoms with E-state index in [1.54, 1.807) is 43.3 Å². The summed E-state index contributed by atoms with van der Waals surface area (Å²) in [4.78, 5) is 23.3. The largest absolute Gasteiger partial charge is 0.508 e. The lowest BCUT2D eigenvalue weighted by Gasteiger charge is -2.25. The fraction of sp³-hybridized carbons (Fsp3) is 0.200. The standard InChI is InChI=1S/C20H20BrNO6/c1-2-27-17(11-12-18(24)25)19(13-3-9-16(23)10-4-13)28-20(26)22-15-7-5-14(21)6-8-15/h3-12,17,19,23H,2H2,1H3,(H,22,26)(H,24,25)/b12-11+/t17-,19-/m0/s1. The van der Waals surface area contributed by atoms with Gasteiger partial charge in [0.2, 0.25) is 0 Å². The summed E-state index contributed by atoms with van der Waals surface area (Å²) in [5.41, 5.74) is 1.07. The highest BCUT2D eigenvalue weighted by Gasteiger charge is 2.26. The number of carboxylic acids is 1. The van der Waals surface area contributed by atoms with Gasteiger partial charge in [-0.2, -0.15) is 0 Å². The molecule has 0 saturated heterocycles. The molecule has 0 aliphatic carbocycles. The zero-order chi connectivity index (χ0) is 20.5. The number of carboxylic acid groups (broad SMARTS) is 1.